The van der Waals surface area contributed by atoms with Crippen LogP contribution in [0.15, 0.2) is 53.5 Å². The molecule has 0 radical (unpaired) electrons. The summed E-state index contributed by atoms with van der Waals surface area (Å²) < 4.78 is 28.9. The average Bonchev–Trinajstić information content (AvgIpc) is 3.33. The largest absolute Gasteiger partial charge is 0.506 e. The molecule has 4 rings (SSSR count). The second-order valence-corrected chi connectivity index (χ2v) is 8.11. The van der Waals surface area contributed by atoms with E-state index in [1.165, 1.54) is 12.1 Å². The lowest BCUT2D eigenvalue weighted by Crippen LogP contribution is -2.29. The van der Waals surface area contributed by atoms with Gasteiger partial charge in [-0.05, 0) is 48.7 Å². The molecule has 188 valence electrons. The number of H-pyrrole nitrogens is 1. The number of hydrogen-bond donors (Lipinski definition) is 3. The maximum atomic E-state index is 13.1. The fourth-order valence-electron chi connectivity index (χ4n) is 4.00. The highest BCUT2D eigenvalue weighted by atomic mass is 19.1. The summed E-state index contributed by atoms with van der Waals surface area (Å²) >= 11 is 0. The van der Waals surface area contributed by atoms with Crippen molar-refractivity contribution in [2.24, 2.45) is 0 Å². The Balaban J connectivity index is 1.62. The quantitative estimate of drug-likeness (QED) is 0.389. The number of amides is 1. The lowest BCUT2D eigenvalue weighted by atomic mass is 9.87. The maximum Gasteiger partial charge on any atom is 0.343 e. The zero-order valence-corrected chi connectivity index (χ0v) is 19.5. The molecular formula is C26H25FN2O7. The number of hydrogen-bond acceptors (Lipinski definition) is 7. The number of ether oxygens (including phenoxy) is 3. The Morgan fingerprint density at radius 3 is 2.67 bits per heavy atom. The number of fused-ring (bicyclic) bond motifs is 1. The molecule has 1 aliphatic rings. The number of carbonyl (C=O) groups is 2. The third kappa shape index (κ3) is 5.48. The van der Waals surface area contributed by atoms with E-state index in [9.17, 15) is 23.9 Å². The van der Waals surface area contributed by atoms with Crippen LogP contribution in [0.2, 0.25) is 0 Å². The molecule has 1 aromatic heterocycles. The number of pyridine rings is 1. The second kappa shape index (κ2) is 10.9. The molecule has 9 nitrogen and oxygen atoms in total. The Hall–Kier alpha value is -4.34. The molecule has 3 N–H and O–H groups in total. The summed E-state index contributed by atoms with van der Waals surface area (Å²) in [5, 5.41) is 13.7. The Kier molecular flexibility index (Phi) is 7.53. The summed E-state index contributed by atoms with van der Waals surface area (Å²) in [6.45, 7) is 2.02. The monoisotopic (exact) mass is 496 g/mol. The molecule has 2 heterocycles. The van der Waals surface area contributed by atoms with Gasteiger partial charge in [-0.3, -0.25) is 9.59 Å². The molecule has 1 atom stereocenters. The minimum Gasteiger partial charge on any atom is -0.506 e. The Morgan fingerprint density at radius 1 is 1.17 bits per heavy atom. The molecule has 3 aromatic rings. The summed E-state index contributed by atoms with van der Waals surface area (Å²) in [6.07, 6.45) is 1.36. The van der Waals surface area contributed by atoms with Crippen LogP contribution >= 0.6 is 0 Å². The van der Waals surface area contributed by atoms with Crippen molar-refractivity contribution in [3.63, 3.8) is 0 Å². The minimum absolute atomic E-state index is 0.0392. The number of aromatic hydroxyl groups is 1. The third-order valence-electron chi connectivity index (χ3n) is 5.78. The van der Waals surface area contributed by atoms with Crippen LogP contribution in [0.3, 0.4) is 0 Å². The lowest BCUT2D eigenvalue weighted by molar-refractivity contribution is -0.121. The van der Waals surface area contributed by atoms with Crippen LogP contribution < -0.4 is 20.3 Å². The van der Waals surface area contributed by atoms with Crippen LogP contribution in [-0.4, -0.2) is 41.9 Å². The van der Waals surface area contributed by atoms with Gasteiger partial charge in [0.05, 0.1) is 12.2 Å². The predicted octanol–water partition coefficient (Wildman–Crippen LogP) is 3.01. The van der Waals surface area contributed by atoms with E-state index in [0.29, 0.717) is 23.5 Å². The molecule has 0 unspecified atom stereocenters. The van der Waals surface area contributed by atoms with E-state index in [4.69, 9.17) is 14.2 Å². The van der Waals surface area contributed by atoms with E-state index in [1.54, 1.807) is 37.3 Å². The Labute approximate surface area is 205 Å². The Morgan fingerprint density at radius 2 is 1.92 bits per heavy atom. The van der Waals surface area contributed by atoms with Crippen molar-refractivity contribution in [2.45, 2.75) is 25.7 Å². The van der Waals surface area contributed by atoms with Gasteiger partial charge in [0, 0.05) is 25.1 Å². The van der Waals surface area contributed by atoms with Gasteiger partial charge in [0.1, 0.15) is 17.1 Å². The van der Waals surface area contributed by atoms with Crippen LogP contribution in [0.5, 0.6) is 17.2 Å². The van der Waals surface area contributed by atoms with E-state index in [-0.39, 0.29) is 49.2 Å². The molecule has 1 amide bonds. The topological polar surface area (TPSA) is 127 Å². The standard InChI is InChI=1S/C26H25FN2O7/c1-2-34-26(33)19-13-29-25(32)23(24(19)31)18(16-5-8-20-21(11-16)36-14-35-20)12-22(30)28-10-9-15-3-6-17(27)7-4-15/h3-8,11,13,18H,2,9-10,12,14H2,1H3,(H,28,30)(H2,29,31,32)/t18-/m1/s1. The number of carbonyl (C=O) groups excluding carboxylic acids is 2. The summed E-state index contributed by atoms with van der Waals surface area (Å²) in [5.41, 5.74) is 0.347. The molecule has 0 saturated carbocycles. The fraction of sp³-hybridized carbons (Fsp3) is 0.269. The number of aromatic nitrogens is 1. The van der Waals surface area contributed by atoms with Crippen molar-refractivity contribution < 1.29 is 33.3 Å². The van der Waals surface area contributed by atoms with Gasteiger partial charge in [-0.15, -0.1) is 0 Å². The number of nitrogens with one attached hydrogen (secondary N) is 2. The van der Waals surface area contributed by atoms with Crippen LogP contribution in [0.4, 0.5) is 4.39 Å². The molecule has 10 heteroatoms. The molecule has 0 aliphatic carbocycles. The van der Waals surface area contributed by atoms with Gasteiger partial charge in [0.2, 0.25) is 12.7 Å². The first-order valence-corrected chi connectivity index (χ1v) is 11.4. The molecule has 2 aromatic carbocycles. The first kappa shape index (κ1) is 24.8. The highest BCUT2D eigenvalue weighted by Crippen LogP contribution is 2.39. The number of benzene rings is 2. The van der Waals surface area contributed by atoms with Crippen LogP contribution in [-0.2, 0) is 16.0 Å². The number of aromatic amines is 1. The smallest absolute Gasteiger partial charge is 0.343 e. The van der Waals surface area contributed by atoms with Crippen molar-refractivity contribution in [1.29, 1.82) is 0 Å². The first-order valence-electron chi connectivity index (χ1n) is 11.4. The third-order valence-corrected chi connectivity index (χ3v) is 5.78. The van der Waals surface area contributed by atoms with Gasteiger partial charge in [-0.2, -0.15) is 0 Å². The van der Waals surface area contributed by atoms with E-state index in [2.05, 4.69) is 10.3 Å². The molecule has 0 fully saturated rings. The normalized spacial score (nSPS) is 12.7. The number of rotatable bonds is 9. The second-order valence-electron chi connectivity index (χ2n) is 8.11. The summed E-state index contributed by atoms with van der Waals surface area (Å²) in [6, 6.07) is 10.9. The summed E-state index contributed by atoms with van der Waals surface area (Å²) in [4.78, 5) is 40.5. The van der Waals surface area contributed by atoms with Crippen LogP contribution in [0.25, 0.3) is 0 Å². The molecular weight excluding hydrogens is 471 g/mol. The van der Waals surface area contributed by atoms with E-state index in [0.717, 1.165) is 11.8 Å². The lowest BCUT2D eigenvalue weighted by Gasteiger charge is -2.19. The van der Waals surface area contributed by atoms with Gasteiger partial charge >= 0.3 is 5.97 Å². The van der Waals surface area contributed by atoms with Gasteiger partial charge in [-0.25, -0.2) is 9.18 Å². The van der Waals surface area contributed by atoms with Crippen LogP contribution in [0.1, 0.15) is 46.3 Å². The number of esters is 1. The van der Waals surface area contributed by atoms with Gasteiger partial charge in [0.15, 0.2) is 11.5 Å². The van der Waals surface area contributed by atoms with Crippen molar-refractivity contribution in [2.75, 3.05) is 19.9 Å². The number of halogens is 1. The maximum absolute atomic E-state index is 13.1. The van der Waals surface area contributed by atoms with Crippen molar-refractivity contribution in [1.82, 2.24) is 10.3 Å². The molecule has 0 saturated heterocycles. The van der Waals surface area contributed by atoms with Gasteiger partial charge in [0.25, 0.3) is 5.56 Å². The van der Waals surface area contributed by atoms with E-state index < -0.39 is 23.2 Å². The van der Waals surface area contributed by atoms with Crippen molar-refractivity contribution in [3.05, 3.63) is 87.1 Å². The Bertz CT molecular complexity index is 1320. The molecule has 36 heavy (non-hydrogen) atoms. The van der Waals surface area contributed by atoms with Gasteiger partial charge in [-0.1, -0.05) is 18.2 Å². The van der Waals surface area contributed by atoms with Crippen molar-refractivity contribution >= 4 is 11.9 Å². The summed E-state index contributed by atoms with van der Waals surface area (Å²) in [5.74, 6) is -2.06. The highest BCUT2D eigenvalue weighted by Gasteiger charge is 2.29. The minimum atomic E-state index is -0.913. The molecule has 1 aliphatic heterocycles. The predicted molar refractivity (Wildman–Crippen MR) is 127 cm³/mol. The van der Waals surface area contributed by atoms with Crippen molar-refractivity contribution in [3.8, 4) is 17.2 Å². The zero-order valence-electron chi connectivity index (χ0n) is 19.5. The van der Waals surface area contributed by atoms with Crippen LogP contribution in [0, 0.1) is 5.82 Å². The first-order chi connectivity index (χ1) is 17.4. The summed E-state index contributed by atoms with van der Waals surface area (Å²) in [7, 11) is 0. The molecule has 0 bridgehead atoms. The van der Waals surface area contributed by atoms with E-state index in [1.807, 2.05) is 0 Å². The molecule has 0 spiro atoms. The van der Waals surface area contributed by atoms with Gasteiger partial charge < -0.3 is 29.6 Å². The average molecular weight is 496 g/mol. The zero-order chi connectivity index (χ0) is 25.7. The van der Waals surface area contributed by atoms with E-state index >= 15 is 0 Å². The fourth-order valence-corrected chi connectivity index (χ4v) is 4.00. The highest BCUT2D eigenvalue weighted by molar-refractivity contribution is 5.92. The SMILES string of the molecule is CCOC(=O)c1c[nH]c(=O)c([C@H](CC(=O)NCCc2ccc(F)cc2)c2ccc3c(c2)OCO3)c1O.